The van der Waals surface area contributed by atoms with Gasteiger partial charge < -0.3 is 5.32 Å². The molecule has 2 heterocycles. The highest BCUT2D eigenvalue weighted by molar-refractivity contribution is 6.03. The number of carbonyl (C=O) groups excluding carboxylic acids is 3. The van der Waals surface area contributed by atoms with Crippen molar-refractivity contribution in [2.45, 2.75) is 37.6 Å². The number of nitrogens with zero attached hydrogens (tertiary/aromatic N) is 1. The molecule has 6 heteroatoms. The molecule has 1 aliphatic carbocycles. The normalized spacial score (nSPS) is 22.3. The first-order valence-electron chi connectivity index (χ1n) is 6.74. The number of aromatic nitrogens is 1. The van der Waals surface area contributed by atoms with E-state index in [0.29, 0.717) is 18.0 Å². The molecule has 0 aromatic carbocycles. The molecule has 104 valence electrons. The summed E-state index contributed by atoms with van der Waals surface area (Å²) < 4.78 is 0. The zero-order valence-electron chi connectivity index (χ0n) is 10.9. The van der Waals surface area contributed by atoms with E-state index in [0.717, 1.165) is 18.4 Å². The van der Waals surface area contributed by atoms with Gasteiger partial charge in [0.1, 0.15) is 11.7 Å². The summed E-state index contributed by atoms with van der Waals surface area (Å²) >= 11 is 0. The Balaban J connectivity index is 1.68. The highest BCUT2D eigenvalue weighted by Gasteiger charge is 2.29. The highest BCUT2D eigenvalue weighted by Crippen LogP contribution is 2.39. The third kappa shape index (κ3) is 2.68. The maximum atomic E-state index is 12.1. The van der Waals surface area contributed by atoms with Gasteiger partial charge in [-0.15, -0.1) is 0 Å². The summed E-state index contributed by atoms with van der Waals surface area (Å²) in [7, 11) is 0. The Morgan fingerprint density at radius 3 is 2.80 bits per heavy atom. The topological polar surface area (TPSA) is 88.2 Å². The minimum absolute atomic E-state index is 0.242. The van der Waals surface area contributed by atoms with E-state index in [4.69, 9.17) is 0 Å². The van der Waals surface area contributed by atoms with Crippen molar-refractivity contribution in [1.29, 1.82) is 0 Å². The molecule has 1 saturated heterocycles. The summed E-state index contributed by atoms with van der Waals surface area (Å²) in [5, 5.41) is 4.84. The highest BCUT2D eigenvalue weighted by atomic mass is 16.2. The van der Waals surface area contributed by atoms with Crippen molar-refractivity contribution in [3.63, 3.8) is 0 Å². The van der Waals surface area contributed by atoms with Crippen LogP contribution in [0.5, 0.6) is 0 Å². The lowest BCUT2D eigenvalue weighted by molar-refractivity contribution is -0.134. The second-order valence-corrected chi connectivity index (χ2v) is 5.23. The Labute approximate surface area is 116 Å². The molecule has 1 aliphatic heterocycles. The van der Waals surface area contributed by atoms with Gasteiger partial charge in [0.05, 0.1) is 0 Å². The van der Waals surface area contributed by atoms with Crippen LogP contribution in [0.25, 0.3) is 0 Å². The average Bonchev–Trinajstić information content (AvgIpc) is 3.26. The molecule has 1 aromatic rings. The van der Waals surface area contributed by atoms with Crippen molar-refractivity contribution in [2.75, 3.05) is 0 Å². The second-order valence-electron chi connectivity index (χ2n) is 5.23. The van der Waals surface area contributed by atoms with E-state index in [1.54, 1.807) is 12.3 Å². The number of nitrogens with one attached hydrogen (secondary N) is 2. The molecule has 3 amide bonds. The third-order valence-corrected chi connectivity index (χ3v) is 3.61. The number of imide groups is 1. The summed E-state index contributed by atoms with van der Waals surface area (Å²) in [5.74, 6) is -0.579. The first kappa shape index (κ1) is 12.8. The van der Waals surface area contributed by atoms with Crippen molar-refractivity contribution in [3.8, 4) is 0 Å². The van der Waals surface area contributed by atoms with Gasteiger partial charge in [0.2, 0.25) is 11.8 Å². The molecule has 20 heavy (non-hydrogen) atoms. The first-order chi connectivity index (χ1) is 9.63. The summed E-state index contributed by atoms with van der Waals surface area (Å²) in [6, 6.07) is 3.03. The van der Waals surface area contributed by atoms with Crippen molar-refractivity contribution < 1.29 is 14.4 Å². The van der Waals surface area contributed by atoms with Gasteiger partial charge in [0, 0.05) is 12.6 Å². The number of amides is 3. The van der Waals surface area contributed by atoms with Crippen LogP contribution in [-0.4, -0.2) is 28.7 Å². The van der Waals surface area contributed by atoms with Crippen LogP contribution in [0.3, 0.4) is 0 Å². The van der Waals surface area contributed by atoms with E-state index >= 15 is 0 Å². The van der Waals surface area contributed by atoms with Crippen LogP contribution in [0.2, 0.25) is 0 Å². The van der Waals surface area contributed by atoms with Gasteiger partial charge in [-0.1, -0.05) is 0 Å². The number of hydrogen-bond acceptors (Lipinski definition) is 4. The van der Waals surface area contributed by atoms with E-state index < -0.39 is 11.9 Å². The predicted octanol–water partition coefficient (Wildman–Crippen LogP) is 0.494. The second kappa shape index (κ2) is 5.03. The summed E-state index contributed by atoms with van der Waals surface area (Å²) in [4.78, 5) is 38.8. The largest absolute Gasteiger partial charge is 0.339 e. The molecule has 2 aliphatic rings. The van der Waals surface area contributed by atoms with E-state index in [1.807, 2.05) is 6.07 Å². The molecule has 1 saturated carbocycles. The molecule has 0 bridgehead atoms. The van der Waals surface area contributed by atoms with Gasteiger partial charge in [-0.2, -0.15) is 0 Å². The third-order valence-electron chi connectivity index (χ3n) is 3.61. The van der Waals surface area contributed by atoms with Crippen LogP contribution in [0.1, 0.15) is 47.7 Å². The molecule has 2 N–H and O–H groups in total. The molecular weight excluding hydrogens is 258 g/mol. The van der Waals surface area contributed by atoms with Crippen molar-refractivity contribution in [2.24, 2.45) is 0 Å². The number of pyridine rings is 1. The number of rotatable bonds is 3. The fourth-order valence-corrected chi connectivity index (χ4v) is 2.31. The smallest absolute Gasteiger partial charge is 0.270 e. The maximum absolute atomic E-state index is 12.1. The lowest BCUT2D eigenvalue weighted by Crippen LogP contribution is -2.52. The van der Waals surface area contributed by atoms with Gasteiger partial charge in [-0.3, -0.25) is 24.7 Å². The molecule has 1 aromatic heterocycles. The molecule has 0 spiro atoms. The molecule has 6 nitrogen and oxygen atoms in total. The Morgan fingerprint density at radius 1 is 1.30 bits per heavy atom. The van der Waals surface area contributed by atoms with Gasteiger partial charge in [0.25, 0.3) is 5.91 Å². The molecular formula is C14H15N3O3. The molecule has 1 atom stereocenters. The van der Waals surface area contributed by atoms with Crippen molar-refractivity contribution in [3.05, 3.63) is 29.6 Å². The number of piperidine rings is 1. The standard InChI is InChI=1S/C14H15N3O3/c18-12-4-3-10(13(19)17-12)16-14(20)11-7-9(5-6-15-11)8-1-2-8/h5-8,10H,1-4H2,(H,16,20)(H,17,18,19). The fourth-order valence-electron chi connectivity index (χ4n) is 2.31. The van der Waals surface area contributed by atoms with E-state index in [2.05, 4.69) is 15.6 Å². The predicted molar refractivity (Wildman–Crippen MR) is 69.8 cm³/mol. The molecule has 2 fully saturated rings. The van der Waals surface area contributed by atoms with Crippen LogP contribution >= 0.6 is 0 Å². The minimum Gasteiger partial charge on any atom is -0.339 e. The van der Waals surface area contributed by atoms with Crippen molar-refractivity contribution in [1.82, 2.24) is 15.6 Å². The fraction of sp³-hybridized carbons (Fsp3) is 0.429. The summed E-state index contributed by atoms with van der Waals surface area (Å²) in [5.41, 5.74) is 1.44. The van der Waals surface area contributed by atoms with Crippen molar-refractivity contribution >= 4 is 17.7 Å². The van der Waals surface area contributed by atoms with Crippen LogP contribution in [0.15, 0.2) is 18.3 Å². The van der Waals surface area contributed by atoms with Crippen LogP contribution < -0.4 is 10.6 Å². The summed E-state index contributed by atoms with van der Waals surface area (Å²) in [6.07, 6.45) is 4.49. The molecule has 0 radical (unpaired) electrons. The minimum atomic E-state index is -0.661. The Bertz CT molecular complexity index is 581. The average molecular weight is 273 g/mol. The number of carbonyl (C=O) groups is 3. The van der Waals surface area contributed by atoms with E-state index in [1.165, 1.54) is 0 Å². The van der Waals surface area contributed by atoms with Crippen LogP contribution in [-0.2, 0) is 9.59 Å². The van der Waals surface area contributed by atoms with E-state index in [-0.39, 0.29) is 18.2 Å². The van der Waals surface area contributed by atoms with Gasteiger partial charge in [-0.25, -0.2) is 0 Å². The Hall–Kier alpha value is -2.24. The lowest BCUT2D eigenvalue weighted by Gasteiger charge is -2.21. The monoisotopic (exact) mass is 273 g/mol. The summed E-state index contributed by atoms with van der Waals surface area (Å²) in [6.45, 7) is 0. The first-order valence-corrected chi connectivity index (χ1v) is 6.74. The van der Waals surface area contributed by atoms with Crippen LogP contribution in [0.4, 0.5) is 0 Å². The molecule has 3 rings (SSSR count). The Morgan fingerprint density at radius 2 is 2.10 bits per heavy atom. The Kier molecular flexibility index (Phi) is 3.22. The zero-order valence-corrected chi connectivity index (χ0v) is 10.9. The quantitative estimate of drug-likeness (QED) is 0.785. The van der Waals surface area contributed by atoms with Gasteiger partial charge >= 0.3 is 0 Å². The maximum Gasteiger partial charge on any atom is 0.270 e. The molecule has 1 unspecified atom stereocenters. The van der Waals surface area contributed by atoms with E-state index in [9.17, 15) is 14.4 Å². The van der Waals surface area contributed by atoms with Crippen LogP contribution in [0, 0.1) is 0 Å². The van der Waals surface area contributed by atoms with Gasteiger partial charge in [0.15, 0.2) is 0 Å². The number of hydrogen-bond donors (Lipinski definition) is 2. The lowest BCUT2D eigenvalue weighted by atomic mass is 10.1. The zero-order chi connectivity index (χ0) is 14.1. The SMILES string of the molecule is O=C1CCC(NC(=O)c2cc(C3CC3)ccn2)C(=O)N1. The van der Waals surface area contributed by atoms with Gasteiger partial charge in [-0.05, 0) is 42.9 Å².